The van der Waals surface area contributed by atoms with Gasteiger partial charge in [-0.2, -0.15) is 0 Å². The predicted molar refractivity (Wildman–Crippen MR) is 81.6 cm³/mol. The van der Waals surface area contributed by atoms with Gasteiger partial charge in [0.15, 0.2) is 0 Å². The van der Waals surface area contributed by atoms with Gasteiger partial charge in [-0.1, -0.05) is 43.3 Å². The maximum absolute atomic E-state index is 11.3. The van der Waals surface area contributed by atoms with Crippen molar-refractivity contribution >= 4 is 17.0 Å². The molecular formula is C17H16N2O2. The fourth-order valence-corrected chi connectivity index (χ4v) is 2.58. The maximum Gasteiger partial charge on any atom is 0.337 e. The van der Waals surface area contributed by atoms with Crippen molar-refractivity contribution in [1.82, 2.24) is 9.55 Å². The van der Waals surface area contributed by atoms with Gasteiger partial charge in [0.2, 0.25) is 0 Å². The molecular weight excluding hydrogens is 264 g/mol. The molecule has 0 atom stereocenters. The van der Waals surface area contributed by atoms with Crippen molar-refractivity contribution in [2.24, 2.45) is 0 Å². The first kappa shape index (κ1) is 13.4. The highest BCUT2D eigenvalue weighted by atomic mass is 16.4. The lowest BCUT2D eigenvalue weighted by molar-refractivity contribution is 0.0699. The summed E-state index contributed by atoms with van der Waals surface area (Å²) in [6, 6.07) is 15.4. The lowest BCUT2D eigenvalue weighted by Crippen LogP contribution is -2.04. The molecule has 4 heteroatoms. The highest BCUT2D eigenvalue weighted by Crippen LogP contribution is 2.22. The van der Waals surface area contributed by atoms with Crippen LogP contribution in [-0.2, 0) is 13.0 Å². The van der Waals surface area contributed by atoms with Crippen LogP contribution in [0.5, 0.6) is 0 Å². The lowest BCUT2D eigenvalue weighted by atomic mass is 10.2. The van der Waals surface area contributed by atoms with E-state index in [1.165, 1.54) is 5.56 Å². The Hall–Kier alpha value is -2.62. The third-order valence-corrected chi connectivity index (χ3v) is 3.59. The summed E-state index contributed by atoms with van der Waals surface area (Å²) in [7, 11) is 0. The number of nitrogens with zero attached hydrogens (tertiary/aromatic N) is 2. The minimum absolute atomic E-state index is 0.258. The van der Waals surface area contributed by atoms with Crippen LogP contribution in [0, 0.1) is 0 Å². The van der Waals surface area contributed by atoms with Crippen LogP contribution in [-0.4, -0.2) is 20.6 Å². The smallest absolute Gasteiger partial charge is 0.337 e. The first-order valence-corrected chi connectivity index (χ1v) is 6.96. The molecule has 1 heterocycles. The van der Waals surface area contributed by atoms with Crippen LogP contribution in [0.2, 0.25) is 0 Å². The summed E-state index contributed by atoms with van der Waals surface area (Å²) in [6.45, 7) is 2.73. The molecule has 106 valence electrons. The van der Waals surface area contributed by atoms with Crippen molar-refractivity contribution in [3.63, 3.8) is 0 Å². The molecule has 0 unspecified atom stereocenters. The third-order valence-electron chi connectivity index (χ3n) is 3.59. The summed E-state index contributed by atoms with van der Waals surface area (Å²) in [5.41, 5.74) is 2.87. The number of hydrogen-bond donors (Lipinski definition) is 1. The predicted octanol–water partition coefficient (Wildman–Crippen LogP) is 3.35. The Balaban J connectivity index is 2.17. The van der Waals surface area contributed by atoms with Gasteiger partial charge in [0.05, 0.1) is 11.1 Å². The van der Waals surface area contributed by atoms with E-state index in [2.05, 4.69) is 21.7 Å². The van der Waals surface area contributed by atoms with Crippen molar-refractivity contribution in [2.75, 3.05) is 0 Å². The summed E-state index contributed by atoms with van der Waals surface area (Å²) in [5, 5.41) is 9.30. The molecule has 3 aromatic rings. The van der Waals surface area contributed by atoms with Gasteiger partial charge in [0.25, 0.3) is 0 Å². The number of para-hydroxylation sites is 1. The molecule has 4 nitrogen and oxygen atoms in total. The molecule has 0 radical (unpaired) electrons. The topological polar surface area (TPSA) is 55.1 Å². The number of aromatic nitrogens is 2. The van der Waals surface area contributed by atoms with E-state index in [9.17, 15) is 9.90 Å². The number of fused-ring (bicyclic) bond motifs is 1. The molecule has 0 fully saturated rings. The zero-order valence-corrected chi connectivity index (χ0v) is 11.8. The summed E-state index contributed by atoms with van der Waals surface area (Å²) < 4.78 is 2.09. The van der Waals surface area contributed by atoms with Gasteiger partial charge in [-0.3, -0.25) is 0 Å². The van der Waals surface area contributed by atoms with Gasteiger partial charge < -0.3 is 9.67 Å². The van der Waals surface area contributed by atoms with Crippen molar-refractivity contribution in [1.29, 1.82) is 0 Å². The molecule has 0 amide bonds. The zero-order valence-electron chi connectivity index (χ0n) is 11.8. The quantitative estimate of drug-likeness (QED) is 0.797. The van der Waals surface area contributed by atoms with Crippen LogP contribution in [0.15, 0.2) is 48.5 Å². The fourth-order valence-electron chi connectivity index (χ4n) is 2.58. The Morgan fingerprint density at radius 3 is 2.57 bits per heavy atom. The number of aromatic carboxylic acids is 1. The minimum atomic E-state index is -0.937. The van der Waals surface area contributed by atoms with E-state index in [0.29, 0.717) is 12.1 Å². The first-order chi connectivity index (χ1) is 10.2. The summed E-state index contributed by atoms with van der Waals surface area (Å²) in [5.74, 6) is -0.0323. The Bertz CT molecular complexity index is 791. The Morgan fingerprint density at radius 2 is 1.90 bits per heavy atom. The van der Waals surface area contributed by atoms with E-state index < -0.39 is 5.97 Å². The normalized spacial score (nSPS) is 10.9. The zero-order chi connectivity index (χ0) is 14.8. The summed E-state index contributed by atoms with van der Waals surface area (Å²) in [4.78, 5) is 15.9. The Labute approximate surface area is 122 Å². The molecule has 21 heavy (non-hydrogen) atoms. The summed E-state index contributed by atoms with van der Waals surface area (Å²) in [6.07, 6.45) is 0.764. The van der Waals surface area contributed by atoms with E-state index in [1.54, 1.807) is 12.1 Å². The van der Waals surface area contributed by atoms with Crippen molar-refractivity contribution in [3.8, 4) is 0 Å². The van der Waals surface area contributed by atoms with Crippen LogP contribution < -0.4 is 0 Å². The maximum atomic E-state index is 11.3. The van der Waals surface area contributed by atoms with E-state index >= 15 is 0 Å². The Kier molecular flexibility index (Phi) is 3.44. The minimum Gasteiger partial charge on any atom is -0.478 e. The molecule has 0 aliphatic rings. The number of carbonyl (C=O) groups is 1. The first-order valence-electron chi connectivity index (χ1n) is 6.96. The lowest BCUT2D eigenvalue weighted by Gasteiger charge is -2.08. The van der Waals surface area contributed by atoms with Gasteiger partial charge in [-0.25, -0.2) is 9.78 Å². The number of rotatable bonds is 4. The van der Waals surface area contributed by atoms with Gasteiger partial charge in [0.1, 0.15) is 11.3 Å². The molecule has 1 aromatic heterocycles. The highest BCUT2D eigenvalue weighted by molar-refractivity contribution is 6.01. The van der Waals surface area contributed by atoms with Crippen molar-refractivity contribution < 1.29 is 9.90 Å². The third kappa shape index (κ3) is 2.40. The van der Waals surface area contributed by atoms with Crippen LogP contribution in [0.4, 0.5) is 0 Å². The van der Waals surface area contributed by atoms with Crippen LogP contribution in [0.25, 0.3) is 11.0 Å². The van der Waals surface area contributed by atoms with Gasteiger partial charge in [-0.05, 0) is 17.7 Å². The number of hydrogen-bond acceptors (Lipinski definition) is 2. The molecule has 2 aromatic carbocycles. The average Bonchev–Trinajstić information content (AvgIpc) is 2.86. The number of carboxylic acids is 1. The van der Waals surface area contributed by atoms with E-state index in [-0.39, 0.29) is 5.56 Å². The van der Waals surface area contributed by atoms with Crippen LogP contribution in [0.1, 0.15) is 28.7 Å². The van der Waals surface area contributed by atoms with Gasteiger partial charge in [0, 0.05) is 13.0 Å². The molecule has 0 saturated carbocycles. The second-order valence-corrected chi connectivity index (χ2v) is 4.93. The van der Waals surface area contributed by atoms with Crippen LogP contribution >= 0.6 is 0 Å². The molecule has 0 aliphatic carbocycles. The molecule has 0 spiro atoms. The standard InChI is InChI=1S/C17H16N2O2/c1-2-15-18-16-13(17(20)21)9-6-10-14(16)19(15)11-12-7-4-3-5-8-12/h3-10H,2,11H2,1H3,(H,20,21). The number of carboxylic acid groups (broad SMARTS) is 1. The van der Waals surface area contributed by atoms with Gasteiger partial charge >= 0.3 is 5.97 Å². The van der Waals surface area contributed by atoms with Crippen molar-refractivity contribution in [2.45, 2.75) is 19.9 Å². The average molecular weight is 280 g/mol. The second kappa shape index (κ2) is 5.40. The second-order valence-electron chi connectivity index (χ2n) is 4.93. The number of imidazole rings is 1. The largest absolute Gasteiger partial charge is 0.478 e. The van der Waals surface area contributed by atoms with Crippen molar-refractivity contribution in [3.05, 3.63) is 65.5 Å². The summed E-state index contributed by atoms with van der Waals surface area (Å²) >= 11 is 0. The molecule has 0 saturated heterocycles. The molecule has 0 aliphatic heterocycles. The fraction of sp³-hybridized carbons (Fsp3) is 0.176. The highest BCUT2D eigenvalue weighted by Gasteiger charge is 2.16. The molecule has 0 bridgehead atoms. The van der Waals surface area contributed by atoms with E-state index in [1.807, 2.05) is 31.2 Å². The number of aryl methyl sites for hydroxylation is 1. The van der Waals surface area contributed by atoms with Gasteiger partial charge in [-0.15, -0.1) is 0 Å². The number of benzene rings is 2. The molecule has 1 N–H and O–H groups in total. The SMILES string of the molecule is CCc1nc2c(C(=O)O)cccc2n1Cc1ccccc1. The van der Waals surface area contributed by atoms with E-state index in [4.69, 9.17) is 0 Å². The monoisotopic (exact) mass is 280 g/mol. The van der Waals surface area contributed by atoms with E-state index in [0.717, 1.165) is 17.8 Å². The molecule has 3 rings (SSSR count). The Morgan fingerprint density at radius 1 is 1.14 bits per heavy atom. The van der Waals surface area contributed by atoms with Crippen LogP contribution in [0.3, 0.4) is 0 Å².